The molecule has 2 aromatic rings. The van der Waals surface area contributed by atoms with Crippen molar-refractivity contribution in [1.29, 1.82) is 5.26 Å². The van der Waals surface area contributed by atoms with Crippen LogP contribution in [0, 0.1) is 11.3 Å². The zero-order valence-electron chi connectivity index (χ0n) is 10.2. The summed E-state index contributed by atoms with van der Waals surface area (Å²) in [5.74, 6) is -0.258. The molecule has 0 radical (unpaired) electrons. The summed E-state index contributed by atoms with van der Waals surface area (Å²) < 4.78 is 24.8. The molecule has 102 valence electrons. The predicted molar refractivity (Wildman–Crippen MR) is 78.5 cm³/mol. The number of sulfone groups is 1. The van der Waals surface area contributed by atoms with Gasteiger partial charge in [-0.3, -0.25) is 0 Å². The van der Waals surface area contributed by atoms with Gasteiger partial charge in [0.25, 0.3) is 0 Å². The van der Waals surface area contributed by atoms with Gasteiger partial charge in [0.2, 0.25) is 0 Å². The molecule has 0 aliphatic carbocycles. The van der Waals surface area contributed by atoms with Crippen LogP contribution in [0.25, 0.3) is 0 Å². The molecule has 0 saturated heterocycles. The molecule has 0 spiro atoms. The molecule has 0 amide bonds. The second-order valence-corrected chi connectivity index (χ2v) is 6.86. The van der Waals surface area contributed by atoms with Gasteiger partial charge in [-0.1, -0.05) is 41.4 Å². The van der Waals surface area contributed by atoms with Crippen LogP contribution in [0.15, 0.2) is 47.4 Å². The first-order valence-corrected chi connectivity index (χ1v) is 8.00. The van der Waals surface area contributed by atoms with Crippen LogP contribution in [0.3, 0.4) is 0 Å². The van der Waals surface area contributed by atoms with Crippen molar-refractivity contribution >= 4 is 33.0 Å². The Kier molecular flexibility index (Phi) is 4.34. The van der Waals surface area contributed by atoms with Gasteiger partial charge in [-0.05, 0) is 29.8 Å². The van der Waals surface area contributed by atoms with E-state index in [2.05, 4.69) is 0 Å². The fourth-order valence-electron chi connectivity index (χ4n) is 1.80. The van der Waals surface area contributed by atoms with Gasteiger partial charge in [0.05, 0.1) is 27.4 Å². The van der Waals surface area contributed by atoms with E-state index < -0.39 is 9.84 Å². The fourth-order valence-corrected chi connectivity index (χ4v) is 4.40. The van der Waals surface area contributed by atoms with Gasteiger partial charge >= 0.3 is 0 Å². The highest BCUT2D eigenvalue weighted by molar-refractivity contribution is 7.90. The Morgan fingerprint density at radius 3 is 2.25 bits per heavy atom. The van der Waals surface area contributed by atoms with Gasteiger partial charge in [0.1, 0.15) is 4.90 Å². The van der Waals surface area contributed by atoms with Crippen molar-refractivity contribution in [1.82, 2.24) is 0 Å². The Labute approximate surface area is 127 Å². The molecule has 3 nitrogen and oxygen atoms in total. The number of nitriles is 1. The topological polar surface area (TPSA) is 57.9 Å². The van der Waals surface area contributed by atoms with Crippen LogP contribution < -0.4 is 0 Å². The van der Waals surface area contributed by atoms with Crippen molar-refractivity contribution in [2.45, 2.75) is 10.6 Å². The molecule has 0 unspecified atom stereocenters. The Morgan fingerprint density at radius 2 is 1.65 bits per heavy atom. The molecule has 2 rings (SSSR count). The van der Waals surface area contributed by atoms with E-state index in [1.165, 1.54) is 18.2 Å². The summed E-state index contributed by atoms with van der Waals surface area (Å²) in [7, 11) is -3.67. The lowest BCUT2D eigenvalue weighted by molar-refractivity contribution is 0.595. The zero-order chi connectivity index (χ0) is 14.8. The molecule has 6 heteroatoms. The highest BCUT2D eigenvalue weighted by Gasteiger charge is 2.22. The SMILES string of the molecule is N#Cc1cccc(CS(=O)(=O)c2c(Cl)cccc2Cl)c1. The third-order valence-electron chi connectivity index (χ3n) is 2.64. The average Bonchev–Trinajstić information content (AvgIpc) is 2.37. The van der Waals surface area contributed by atoms with Gasteiger partial charge in [-0.15, -0.1) is 0 Å². The van der Waals surface area contributed by atoms with Gasteiger partial charge < -0.3 is 0 Å². The van der Waals surface area contributed by atoms with Crippen LogP contribution in [-0.2, 0) is 15.6 Å². The fraction of sp³-hybridized carbons (Fsp3) is 0.0714. The first kappa shape index (κ1) is 14.9. The molecule has 0 aliphatic heterocycles. The van der Waals surface area contributed by atoms with Gasteiger partial charge in [0, 0.05) is 0 Å². The summed E-state index contributed by atoms with van der Waals surface area (Å²) in [4.78, 5) is -0.0781. The second-order valence-electron chi connectivity index (χ2n) is 4.12. The van der Waals surface area contributed by atoms with Crippen molar-refractivity contribution in [2.24, 2.45) is 0 Å². The highest BCUT2D eigenvalue weighted by atomic mass is 35.5. The number of hydrogen-bond donors (Lipinski definition) is 0. The van der Waals surface area contributed by atoms with E-state index in [4.69, 9.17) is 28.5 Å². The highest BCUT2D eigenvalue weighted by Crippen LogP contribution is 2.31. The maximum atomic E-state index is 12.4. The van der Waals surface area contributed by atoms with Crippen LogP contribution in [0.1, 0.15) is 11.1 Å². The molecule has 0 fully saturated rings. The summed E-state index contributed by atoms with van der Waals surface area (Å²) in [6.07, 6.45) is 0. The van der Waals surface area contributed by atoms with Gasteiger partial charge in [-0.25, -0.2) is 8.42 Å². The molecule has 0 aromatic heterocycles. The summed E-state index contributed by atoms with van der Waals surface area (Å²) in [6.45, 7) is 0. The minimum absolute atomic E-state index is 0.0781. The summed E-state index contributed by atoms with van der Waals surface area (Å²) in [5.41, 5.74) is 0.919. The van der Waals surface area contributed by atoms with Gasteiger partial charge in [0.15, 0.2) is 9.84 Å². The molecular formula is C14H9Cl2NO2S. The lowest BCUT2D eigenvalue weighted by Gasteiger charge is -2.08. The van der Waals surface area contributed by atoms with E-state index >= 15 is 0 Å². The Bertz CT molecular complexity index is 775. The van der Waals surface area contributed by atoms with Crippen LogP contribution in [0.5, 0.6) is 0 Å². The van der Waals surface area contributed by atoms with Crippen molar-refractivity contribution in [3.05, 3.63) is 63.6 Å². The monoisotopic (exact) mass is 325 g/mol. The number of nitrogens with zero attached hydrogens (tertiary/aromatic N) is 1. The minimum atomic E-state index is -3.67. The van der Waals surface area contributed by atoms with Gasteiger partial charge in [-0.2, -0.15) is 5.26 Å². The predicted octanol–water partition coefficient (Wildman–Crippen LogP) is 3.84. The van der Waals surface area contributed by atoms with Crippen LogP contribution in [0.4, 0.5) is 0 Å². The van der Waals surface area contributed by atoms with Crippen molar-refractivity contribution in [3.8, 4) is 6.07 Å². The lowest BCUT2D eigenvalue weighted by atomic mass is 10.2. The second kappa shape index (κ2) is 5.84. The van der Waals surface area contributed by atoms with E-state index in [1.54, 1.807) is 24.3 Å². The van der Waals surface area contributed by atoms with E-state index in [-0.39, 0.29) is 20.7 Å². The Balaban J connectivity index is 2.44. The molecule has 2 aromatic carbocycles. The molecule has 0 bridgehead atoms. The molecule has 0 N–H and O–H groups in total. The third-order valence-corrected chi connectivity index (χ3v) is 5.27. The molecular weight excluding hydrogens is 317 g/mol. The lowest BCUT2D eigenvalue weighted by Crippen LogP contribution is -2.06. The molecule has 20 heavy (non-hydrogen) atoms. The minimum Gasteiger partial charge on any atom is -0.223 e. The first-order chi connectivity index (χ1) is 9.44. The summed E-state index contributed by atoms with van der Waals surface area (Å²) in [6, 6.07) is 12.9. The quantitative estimate of drug-likeness (QED) is 0.861. The number of hydrogen-bond acceptors (Lipinski definition) is 3. The third kappa shape index (κ3) is 3.13. The number of halogens is 2. The summed E-state index contributed by atoms with van der Waals surface area (Å²) >= 11 is 11.8. The zero-order valence-corrected chi connectivity index (χ0v) is 12.5. The maximum absolute atomic E-state index is 12.4. The van der Waals surface area contributed by atoms with Crippen molar-refractivity contribution in [2.75, 3.05) is 0 Å². The smallest absolute Gasteiger partial charge is 0.185 e. The van der Waals surface area contributed by atoms with Crippen LogP contribution in [-0.4, -0.2) is 8.42 Å². The molecule has 0 atom stereocenters. The Morgan fingerprint density at radius 1 is 1.05 bits per heavy atom. The maximum Gasteiger partial charge on any atom is 0.185 e. The average molecular weight is 326 g/mol. The van der Waals surface area contributed by atoms with E-state index in [1.807, 2.05) is 6.07 Å². The van der Waals surface area contributed by atoms with E-state index in [9.17, 15) is 8.42 Å². The normalized spacial score (nSPS) is 11.1. The standard InChI is InChI=1S/C14H9Cl2NO2S/c15-12-5-2-6-13(16)14(12)20(18,19)9-11-4-1-3-10(7-11)8-17/h1-7H,9H2. The van der Waals surface area contributed by atoms with E-state index in [0.717, 1.165) is 0 Å². The van der Waals surface area contributed by atoms with Crippen LogP contribution in [0.2, 0.25) is 10.0 Å². The van der Waals surface area contributed by atoms with Crippen molar-refractivity contribution < 1.29 is 8.42 Å². The summed E-state index contributed by atoms with van der Waals surface area (Å²) in [5, 5.41) is 9.01. The molecule has 0 saturated carbocycles. The Hall–Kier alpha value is -1.54. The largest absolute Gasteiger partial charge is 0.223 e. The number of benzene rings is 2. The van der Waals surface area contributed by atoms with E-state index in [0.29, 0.717) is 11.1 Å². The van der Waals surface area contributed by atoms with Crippen LogP contribution >= 0.6 is 23.2 Å². The molecule has 0 aliphatic rings. The molecule has 0 heterocycles. The first-order valence-electron chi connectivity index (χ1n) is 5.60. The van der Waals surface area contributed by atoms with Crippen molar-refractivity contribution in [3.63, 3.8) is 0 Å². The number of rotatable bonds is 3.